The van der Waals surface area contributed by atoms with E-state index in [9.17, 15) is 4.79 Å². The summed E-state index contributed by atoms with van der Waals surface area (Å²) in [6, 6.07) is 10.1. The first-order valence-corrected chi connectivity index (χ1v) is 9.08. The van der Waals surface area contributed by atoms with Crippen LogP contribution in [0.1, 0.15) is 35.4 Å². The average molecular weight is 349 g/mol. The largest absolute Gasteiger partial charge is 0.495 e. The minimum atomic E-state index is -0.0132. The molecule has 2 aromatic carbocycles. The number of aryl methyl sites for hydroxylation is 3. The maximum absolute atomic E-state index is 12.5. The third-order valence-electron chi connectivity index (χ3n) is 5.08. The van der Waals surface area contributed by atoms with Crippen LogP contribution >= 0.6 is 0 Å². The fourth-order valence-corrected chi connectivity index (χ4v) is 3.73. The number of nitrogens with one attached hydrogen (secondary N) is 2. The molecule has 0 atom stereocenters. The standard InChI is InChI=1S/C21H23N3O2/c1-13-5-3-8-16-20(13)23-18(22-16)11-12-19(25)24-21-15-7-4-6-14(15)9-10-17(21)26-2/h3,5,8-10H,4,6-7,11-12H2,1-2H3,(H,22,23)(H,24,25). The Balaban J connectivity index is 1.47. The van der Waals surface area contributed by atoms with Crippen molar-refractivity contribution in [3.05, 3.63) is 52.8 Å². The number of aromatic amines is 1. The highest BCUT2D eigenvalue weighted by Crippen LogP contribution is 2.36. The third-order valence-corrected chi connectivity index (χ3v) is 5.08. The molecule has 0 unspecified atom stereocenters. The van der Waals surface area contributed by atoms with E-state index >= 15 is 0 Å². The van der Waals surface area contributed by atoms with Crippen molar-refractivity contribution >= 4 is 22.6 Å². The van der Waals surface area contributed by atoms with Gasteiger partial charge in [-0.15, -0.1) is 0 Å². The fourth-order valence-electron chi connectivity index (χ4n) is 3.73. The molecule has 0 saturated carbocycles. The Kier molecular flexibility index (Phi) is 4.37. The molecule has 0 radical (unpaired) electrons. The number of aromatic nitrogens is 2. The zero-order valence-electron chi connectivity index (χ0n) is 15.2. The molecule has 4 rings (SSSR count). The summed E-state index contributed by atoms with van der Waals surface area (Å²) < 4.78 is 5.45. The van der Waals surface area contributed by atoms with Gasteiger partial charge in [0.25, 0.3) is 0 Å². The molecule has 0 fully saturated rings. The number of anilines is 1. The Morgan fingerprint density at radius 1 is 1.27 bits per heavy atom. The first-order chi connectivity index (χ1) is 12.7. The number of methoxy groups -OCH3 is 1. The summed E-state index contributed by atoms with van der Waals surface area (Å²) in [4.78, 5) is 20.5. The second-order valence-electron chi connectivity index (χ2n) is 6.84. The molecule has 2 N–H and O–H groups in total. The first kappa shape index (κ1) is 16.6. The van der Waals surface area contributed by atoms with E-state index in [4.69, 9.17) is 4.74 Å². The van der Waals surface area contributed by atoms with Crippen molar-refractivity contribution < 1.29 is 9.53 Å². The van der Waals surface area contributed by atoms with Crippen molar-refractivity contribution in [2.75, 3.05) is 12.4 Å². The van der Waals surface area contributed by atoms with E-state index in [1.165, 1.54) is 11.1 Å². The molecule has 0 spiro atoms. The summed E-state index contributed by atoms with van der Waals surface area (Å²) in [5, 5.41) is 3.07. The summed E-state index contributed by atoms with van der Waals surface area (Å²) >= 11 is 0. The zero-order chi connectivity index (χ0) is 18.1. The van der Waals surface area contributed by atoms with Gasteiger partial charge in [-0.1, -0.05) is 18.2 Å². The van der Waals surface area contributed by atoms with Gasteiger partial charge in [0.1, 0.15) is 11.6 Å². The predicted octanol–water partition coefficient (Wildman–Crippen LogP) is 3.94. The number of amides is 1. The van der Waals surface area contributed by atoms with Crippen LogP contribution in [0.2, 0.25) is 0 Å². The number of carbonyl (C=O) groups is 1. The topological polar surface area (TPSA) is 67.0 Å². The molecular formula is C21H23N3O2. The molecular weight excluding hydrogens is 326 g/mol. The number of imidazole rings is 1. The molecule has 1 aromatic heterocycles. The van der Waals surface area contributed by atoms with Gasteiger partial charge in [-0.05, 0) is 55.0 Å². The second-order valence-corrected chi connectivity index (χ2v) is 6.84. The Bertz CT molecular complexity index is 975. The van der Waals surface area contributed by atoms with E-state index in [0.717, 1.165) is 53.1 Å². The molecule has 1 aliphatic rings. The lowest BCUT2D eigenvalue weighted by molar-refractivity contribution is -0.116. The predicted molar refractivity (Wildman–Crippen MR) is 103 cm³/mol. The van der Waals surface area contributed by atoms with Gasteiger partial charge in [0, 0.05) is 12.8 Å². The Hall–Kier alpha value is -2.82. The van der Waals surface area contributed by atoms with Crippen molar-refractivity contribution in [1.29, 1.82) is 0 Å². The highest BCUT2D eigenvalue weighted by molar-refractivity contribution is 5.93. The summed E-state index contributed by atoms with van der Waals surface area (Å²) in [5.74, 6) is 1.56. The van der Waals surface area contributed by atoms with E-state index < -0.39 is 0 Å². The van der Waals surface area contributed by atoms with E-state index in [1.807, 2.05) is 31.2 Å². The number of H-pyrrole nitrogens is 1. The van der Waals surface area contributed by atoms with Gasteiger partial charge in [-0.25, -0.2) is 4.98 Å². The quantitative estimate of drug-likeness (QED) is 0.733. The number of para-hydroxylation sites is 1. The number of hydrogen-bond acceptors (Lipinski definition) is 3. The van der Waals surface area contributed by atoms with Gasteiger partial charge in [0.2, 0.25) is 5.91 Å². The third kappa shape index (κ3) is 3.05. The highest BCUT2D eigenvalue weighted by Gasteiger charge is 2.20. The van der Waals surface area contributed by atoms with Crippen LogP contribution in [-0.4, -0.2) is 23.0 Å². The van der Waals surface area contributed by atoms with Crippen LogP contribution in [0, 0.1) is 6.92 Å². The van der Waals surface area contributed by atoms with E-state index in [2.05, 4.69) is 21.4 Å². The molecule has 134 valence electrons. The maximum atomic E-state index is 12.5. The smallest absolute Gasteiger partial charge is 0.224 e. The minimum absolute atomic E-state index is 0.0132. The number of nitrogens with zero attached hydrogens (tertiary/aromatic N) is 1. The molecule has 3 aromatic rings. The van der Waals surface area contributed by atoms with Gasteiger partial charge in [-0.2, -0.15) is 0 Å². The van der Waals surface area contributed by atoms with Gasteiger partial charge in [0.05, 0.1) is 23.8 Å². The molecule has 26 heavy (non-hydrogen) atoms. The van der Waals surface area contributed by atoms with Crippen LogP contribution in [0.5, 0.6) is 5.75 Å². The molecule has 5 nitrogen and oxygen atoms in total. The van der Waals surface area contributed by atoms with Gasteiger partial charge in [0.15, 0.2) is 0 Å². The van der Waals surface area contributed by atoms with Crippen molar-refractivity contribution in [1.82, 2.24) is 9.97 Å². The van der Waals surface area contributed by atoms with E-state index in [-0.39, 0.29) is 5.91 Å². The number of carbonyl (C=O) groups excluding carboxylic acids is 1. The summed E-state index contributed by atoms with van der Waals surface area (Å²) in [5.41, 5.74) is 6.51. The minimum Gasteiger partial charge on any atom is -0.495 e. The van der Waals surface area contributed by atoms with Crippen LogP contribution in [-0.2, 0) is 24.1 Å². The number of fused-ring (bicyclic) bond motifs is 2. The normalized spacial score (nSPS) is 13.0. The zero-order valence-corrected chi connectivity index (χ0v) is 15.2. The lowest BCUT2D eigenvalue weighted by Crippen LogP contribution is -2.15. The van der Waals surface area contributed by atoms with Crippen molar-refractivity contribution in [2.24, 2.45) is 0 Å². The summed E-state index contributed by atoms with van der Waals surface area (Å²) in [6.45, 7) is 2.04. The van der Waals surface area contributed by atoms with Crippen molar-refractivity contribution in [3.8, 4) is 5.75 Å². The van der Waals surface area contributed by atoms with Crippen molar-refractivity contribution in [3.63, 3.8) is 0 Å². The Morgan fingerprint density at radius 3 is 2.96 bits per heavy atom. The van der Waals surface area contributed by atoms with E-state index in [1.54, 1.807) is 7.11 Å². The molecule has 1 amide bonds. The van der Waals surface area contributed by atoms with Crippen LogP contribution in [0.3, 0.4) is 0 Å². The monoisotopic (exact) mass is 349 g/mol. The molecule has 1 heterocycles. The van der Waals surface area contributed by atoms with Crippen LogP contribution in [0.15, 0.2) is 30.3 Å². The van der Waals surface area contributed by atoms with Crippen LogP contribution < -0.4 is 10.1 Å². The second kappa shape index (κ2) is 6.83. The molecule has 5 heteroatoms. The number of hydrogen-bond donors (Lipinski definition) is 2. The number of rotatable bonds is 5. The Morgan fingerprint density at radius 2 is 2.15 bits per heavy atom. The summed E-state index contributed by atoms with van der Waals surface area (Å²) in [7, 11) is 1.64. The van der Waals surface area contributed by atoms with Crippen LogP contribution in [0.25, 0.3) is 11.0 Å². The molecule has 1 aliphatic carbocycles. The number of benzene rings is 2. The summed E-state index contributed by atoms with van der Waals surface area (Å²) in [6.07, 6.45) is 4.15. The fraction of sp³-hybridized carbons (Fsp3) is 0.333. The van der Waals surface area contributed by atoms with Gasteiger partial charge >= 0.3 is 0 Å². The number of ether oxygens (including phenoxy) is 1. The Labute approximate surface area is 152 Å². The highest BCUT2D eigenvalue weighted by atomic mass is 16.5. The lowest BCUT2D eigenvalue weighted by Gasteiger charge is -2.14. The lowest BCUT2D eigenvalue weighted by atomic mass is 10.1. The van der Waals surface area contributed by atoms with Crippen LogP contribution in [0.4, 0.5) is 5.69 Å². The molecule has 0 saturated heterocycles. The van der Waals surface area contributed by atoms with Gasteiger partial charge < -0.3 is 15.0 Å². The SMILES string of the molecule is COc1ccc2c(c1NC(=O)CCc1nc3c(C)cccc3[nH]1)CCC2. The van der Waals surface area contributed by atoms with Gasteiger partial charge in [-0.3, -0.25) is 4.79 Å². The molecule has 0 bridgehead atoms. The maximum Gasteiger partial charge on any atom is 0.224 e. The van der Waals surface area contributed by atoms with E-state index in [0.29, 0.717) is 12.8 Å². The first-order valence-electron chi connectivity index (χ1n) is 9.08. The average Bonchev–Trinajstić information content (AvgIpc) is 3.27. The van der Waals surface area contributed by atoms with Crippen molar-refractivity contribution in [2.45, 2.75) is 39.0 Å². The molecule has 0 aliphatic heterocycles.